The van der Waals surface area contributed by atoms with Crippen LogP contribution in [0.25, 0.3) is 0 Å². The molecule has 0 spiro atoms. The number of alkyl halides is 2. The van der Waals surface area contributed by atoms with E-state index >= 15 is 0 Å². The zero-order valence-electron chi connectivity index (χ0n) is 20.3. The van der Waals surface area contributed by atoms with E-state index in [0.717, 1.165) is 11.3 Å². The van der Waals surface area contributed by atoms with Gasteiger partial charge in [0.15, 0.2) is 0 Å². The van der Waals surface area contributed by atoms with Crippen LogP contribution in [0, 0.1) is 12.8 Å². The summed E-state index contributed by atoms with van der Waals surface area (Å²) in [5, 5.41) is 2.69. The van der Waals surface area contributed by atoms with Crippen LogP contribution in [-0.4, -0.2) is 29.6 Å². The van der Waals surface area contributed by atoms with E-state index in [2.05, 4.69) is 15.0 Å². The van der Waals surface area contributed by atoms with Crippen molar-refractivity contribution in [3.63, 3.8) is 0 Å². The fraction of sp³-hybridized carbons (Fsp3) is 0.480. The summed E-state index contributed by atoms with van der Waals surface area (Å²) in [5.74, 6) is -0.447. The number of aromatic nitrogens is 1. The highest BCUT2D eigenvalue weighted by Gasteiger charge is 2.38. The average Bonchev–Trinajstić information content (AvgIpc) is 2.75. The monoisotopic (exact) mass is 476 g/mol. The summed E-state index contributed by atoms with van der Waals surface area (Å²) in [6, 6.07) is 10.0. The first-order valence-electron chi connectivity index (χ1n) is 11.6. The van der Waals surface area contributed by atoms with Crippen molar-refractivity contribution in [2.24, 2.45) is 11.7 Å². The van der Waals surface area contributed by atoms with Gasteiger partial charge in [0.25, 0.3) is 0 Å². The second-order valence-electron chi connectivity index (χ2n) is 8.36. The minimum absolute atomic E-state index is 0.0564. The van der Waals surface area contributed by atoms with Crippen LogP contribution in [0.3, 0.4) is 0 Å². The van der Waals surface area contributed by atoms with Crippen LogP contribution in [0.15, 0.2) is 36.4 Å². The molecule has 0 unspecified atom stereocenters. The van der Waals surface area contributed by atoms with Gasteiger partial charge in [-0.05, 0) is 55.4 Å². The number of hydrogen-bond acceptors (Lipinski definition) is 4. The quantitative estimate of drug-likeness (QED) is 0.501. The van der Waals surface area contributed by atoms with Gasteiger partial charge in [-0.15, -0.1) is 0 Å². The lowest BCUT2D eigenvalue weighted by Gasteiger charge is -2.43. The molecule has 0 aliphatic heterocycles. The Labute approximate surface area is 199 Å². The normalized spacial score (nSPS) is 16.9. The Morgan fingerprint density at radius 3 is 2.41 bits per heavy atom. The minimum atomic E-state index is -3.07. The Morgan fingerprint density at radius 1 is 1.18 bits per heavy atom. The Balaban J connectivity index is 0.00000199. The van der Waals surface area contributed by atoms with Gasteiger partial charge >= 0.3 is 12.6 Å². The first kappa shape index (κ1) is 27.0. The number of nitrogens with zero attached hydrogens (tertiary/aromatic N) is 2. The van der Waals surface area contributed by atoms with Gasteiger partial charge in [0.2, 0.25) is 11.8 Å². The van der Waals surface area contributed by atoms with Crippen LogP contribution >= 0.6 is 0 Å². The summed E-state index contributed by atoms with van der Waals surface area (Å²) in [5.41, 5.74) is 7.57. The number of rotatable bonds is 8. The summed E-state index contributed by atoms with van der Waals surface area (Å²) < 4.78 is 30.2. The van der Waals surface area contributed by atoms with Gasteiger partial charge < -0.3 is 15.8 Å². The van der Waals surface area contributed by atoms with Crippen LogP contribution in [0.1, 0.15) is 64.1 Å². The van der Waals surface area contributed by atoms with E-state index < -0.39 is 12.6 Å². The lowest BCUT2D eigenvalue weighted by molar-refractivity contribution is -0.119. The number of primary amides is 1. The van der Waals surface area contributed by atoms with E-state index in [1.165, 1.54) is 6.07 Å². The molecular weight excluding hydrogens is 442 g/mol. The molecule has 0 saturated heterocycles. The van der Waals surface area contributed by atoms with Crippen molar-refractivity contribution in [2.45, 2.75) is 72.5 Å². The zero-order chi connectivity index (χ0) is 25.4. The molecular formula is C25H34F2N4O3. The lowest BCUT2D eigenvalue weighted by Crippen LogP contribution is -2.50. The summed E-state index contributed by atoms with van der Waals surface area (Å²) in [7, 11) is 0. The molecule has 34 heavy (non-hydrogen) atoms. The molecule has 3 amide bonds. The van der Waals surface area contributed by atoms with Crippen LogP contribution in [0.5, 0.6) is 5.88 Å². The maximum Gasteiger partial charge on any atom is 0.388 e. The summed E-state index contributed by atoms with van der Waals surface area (Å²) >= 11 is 0. The fourth-order valence-electron chi connectivity index (χ4n) is 4.01. The van der Waals surface area contributed by atoms with Gasteiger partial charge in [-0.1, -0.05) is 45.9 Å². The molecule has 7 nitrogen and oxygen atoms in total. The predicted octanol–water partition coefficient (Wildman–Crippen LogP) is 5.83. The second-order valence-corrected chi connectivity index (χ2v) is 8.36. The number of urea groups is 1. The number of nitrogens with one attached hydrogen (secondary N) is 1. The first-order chi connectivity index (χ1) is 16.2. The Morgan fingerprint density at radius 2 is 1.82 bits per heavy atom. The predicted molar refractivity (Wildman–Crippen MR) is 129 cm³/mol. The number of hydrogen-bond donors (Lipinski definition) is 2. The highest BCUT2D eigenvalue weighted by molar-refractivity contribution is 6.03. The van der Waals surface area contributed by atoms with Gasteiger partial charge in [-0.2, -0.15) is 8.78 Å². The van der Waals surface area contributed by atoms with Crippen LogP contribution in [0.2, 0.25) is 0 Å². The maximum atomic E-state index is 13.4. The topological polar surface area (TPSA) is 97.6 Å². The number of carbonyl (C=O) groups excluding carboxylic acids is 2. The molecule has 9 heteroatoms. The molecule has 1 saturated carbocycles. The zero-order valence-corrected chi connectivity index (χ0v) is 20.3. The van der Waals surface area contributed by atoms with E-state index in [9.17, 15) is 18.4 Å². The SMILES string of the molecule is CC.Cc1ccc(NC(=O)N(c2ccccc2C(C)C)C2CC(CC(N)=O)C2)c(OC(F)F)n1. The molecule has 186 valence electrons. The number of nitrogens with two attached hydrogens (primary N) is 1. The molecule has 0 atom stereocenters. The first-order valence-corrected chi connectivity index (χ1v) is 11.6. The Kier molecular flexibility index (Phi) is 9.77. The van der Waals surface area contributed by atoms with Crippen molar-refractivity contribution in [3.8, 4) is 5.88 Å². The fourth-order valence-corrected chi connectivity index (χ4v) is 4.01. The third-order valence-electron chi connectivity index (χ3n) is 5.54. The molecule has 1 aliphatic carbocycles. The van der Waals surface area contributed by atoms with Crippen LogP contribution < -0.4 is 20.7 Å². The molecule has 0 bridgehead atoms. The van der Waals surface area contributed by atoms with Gasteiger partial charge in [0, 0.05) is 23.8 Å². The number of halogens is 2. The Hall–Kier alpha value is -3.23. The molecule has 1 aromatic carbocycles. The van der Waals surface area contributed by atoms with Gasteiger partial charge in [0.1, 0.15) is 5.69 Å². The van der Waals surface area contributed by atoms with Crippen molar-refractivity contribution in [1.82, 2.24) is 4.98 Å². The number of pyridine rings is 1. The number of anilines is 2. The van der Waals surface area contributed by atoms with Gasteiger partial charge in [-0.3, -0.25) is 9.69 Å². The molecule has 2 aromatic rings. The van der Waals surface area contributed by atoms with E-state index in [1.807, 2.05) is 52.0 Å². The van der Waals surface area contributed by atoms with Gasteiger partial charge in [-0.25, -0.2) is 9.78 Å². The molecule has 1 aliphatic rings. The van der Waals surface area contributed by atoms with E-state index in [-0.39, 0.29) is 41.8 Å². The molecule has 0 radical (unpaired) electrons. The molecule has 3 rings (SSSR count). The number of aryl methyl sites for hydroxylation is 1. The standard InChI is InChI=1S/C23H28F2N4O3.C2H6/c1-13(2)17-6-4-5-7-19(17)29(16-10-15(11-16)12-20(26)30)23(31)28-18-9-8-14(3)27-21(18)32-22(24)25;1-2/h4-9,13,15-16,22H,10-12H2,1-3H3,(H2,26,30)(H,28,31);1-2H3. The van der Waals surface area contributed by atoms with Crippen molar-refractivity contribution in [1.29, 1.82) is 0 Å². The molecule has 3 N–H and O–H groups in total. The minimum Gasteiger partial charge on any atom is -0.415 e. The van der Waals surface area contributed by atoms with Crippen molar-refractivity contribution in [2.75, 3.05) is 10.2 Å². The highest BCUT2D eigenvalue weighted by atomic mass is 19.3. The third kappa shape index (κ3) is 6.88. The number of para-hydroxylation sites is 1. The summed E-state index contributed by atoms with van der Waals surface area (Å²) in [4.78, 5) is 30.3. The van der Waals surface area contributed by atoms with E-state index in [4.69, 9.17) is 5.73 Å². The number of amides is 3. The molecule has 1 heterocycles. The molecule has 1 fully saturated rings. The second kappa shape index (κ2) is 12.3. The van der Waals surface area contributed by atoms with Crippen molar-refractivity contribution < 1.29 is 23.1 Å². The smallest absolute Gasteiger partial charge is 0.388 e. The highest BCUT2D eigenvalue weighted by Crippen LogP contribution is 2.39. The Bertz CT molecular complexity index is 978. The van der Waals surface area contributed by atoms with Crippen molar-refractivity contribution >= 4 is 23.3 Å². The number of carbonyl (C=O) groups is 2. The number of benzene rings is 1. The summed E-state index contributed by atoms with van der Waals surface area (Å²) in [6.45, 7) is 6.63. The van der Waals surface area contributed by atoms with Crippen LogP contribution in [0.4, 0.5) is 25.0 Å². The van der Waals surface area contributed by atoms with Gasteiger partial charge in [0.05, 0.1) is 0 Å². The lowest BCUT2D eigenvalue weighted by atomic mass is 9.77. The van der Waals surface area contributed by atoms with E-state index in [1.54, 1.807) is 17.9 Å². The largest absolute Gasteiger partial charge is 0.415 e. The maximum absolute atomic E-state index is 13.4. The average molecular weight is 477 g/mol. The third-order valence-corrected chi connectivity index (χ3v) is 5.54. The molecule has 1 aromatic heterocycles. The van der Waals surface area contributed by atoms with Crippen molar-refractivity contribution in [3.05, 3.63) is 47.7 Å². The summed E-state index contributed by atoms with van der Waals surface area (Å²) in [6.07, 6.45) is 1.51. The number of ether oxygens (including phenoxy) is 1. The van der Waals surface area contributed by atoms with Crippen LogP contribution in [-0.2, 0) is 4.79 Å². The van der Waals surface area contributed by atoms with E-state index in [0.29, 0.717) is 18.5 Å².